The first kappa shape index (κ1) is 81.2. The van der Waals surface area contributed by atoms with Crippen LogP contribution in [0.25, 0.3) is 0 Å². The van der Waals surface area contributed by atoms with E-state index in [0.717, 1.165) is 103 Å². The Bertz CT molecular complexity index is 1960. The van der Waals surface area contributed by atoms with Gasteiger partial charge in [0.05, 0.1) is 38.6 Å². The van der Waals surface area contributed by atoms with Crippen LogP contribution in [0.5, 0.6) is 0 Å². The molecule has 0 aromatic rings. The number of allylic oxidation sites excluding steroid dienone is 14. The number of hydrogen-bond acceptors (Lipinski definition) is 18. The van der Waals surface area contributed by atoms with Crippen molar-refractivity contribution in [1.82, 2.24) is 5.32 Å². The fraction of sp³-hybridized carbons (Fsp3) is 0.789. The van der Waals surface area contributed by atoms with Gasteiger partial charge in [-0.25, -0.2) is 0 Å². The van der Waals surface area contributed by atoms with Gasteiger partial charge in [-0.2, -0.15) is 0 Å². The molecule has 3 aliphatic rings. The first-order valence-corrected chi connectivity index (χ1v) is 34.8. The number of aliphatic hydroxyl groups is 11. The first-order valence-electron chi connectivity index (χ1n) is 34.8. The van der Waals surface area contributed by atoms with Crippen LogP contribution in [-0.4, -0.2) is 193 Å². The summed E-state index contributed by atoms with van der Waals surface area (Å²) in [5.74, 6) is -0.250. The normalized spacial score (nSPS) is 28.6. The molecule has 90 heavy (non-hydrogen) atoms. The summed E-state index contributed by atoms with van der Waals surface area (Å²) in [5, 5.41) is 120. The predicted molar refractivity (Wildman–Crippen MR) is 351 cm³/mol. The van der Waals surface area contributed by atoms with Crippen molar-refractivity contribution in [2.75, 3.05) is 26.4 Å². The van der Waals surface area contributed by atoms with E-state index >= 15 is 0 Å². The van der Waals surface area contributed by atoms with E-state index < -0.39 is 124 Å². The molecule has 3 saturated heterocycles. The van der Waals surface area contributed by atoms with Crippen LogP contribution in [0.2, 0.25) is 0 Å². The third-order valence-electron chi connectivity index (χ3n) is 17.0. The van der Waals surface area contributed by atoms with Gasteiger partial charge in [0, 0.05) is 6.42 Å². The number of nitrogens with one attached hydrogen (secondary N) is 1. The zero-order valence-corrected chi connectivity index (χ0v) is 54.8. The van der Waals surface area contributed by atoms with Gasteiger partial charge in [0.15, 0.2) is 18.9 Å². The molecule has 1 amide bonds. The summed E-state index contributed by atoms with van der Waals surface area (Å²) < 4.78 is 34.2. The monoisotopic (exact) mass is 1280 g/mol. The number of carbonyl (C=O) groups excluding carboxylic acids is 1. The van der Waals surface area contributed by atoms with Gasteiger partial charge in [-0.15, -0.1) is 0 Å². The molecule has 0 aliphatic carbocycles. The van der Waals surface area contributed by atoms with Crippen LogP contribution in [0.4, 0.5) is 0 Å². The summed E-state index contributed by atoms with van der Waals surface area (Å²) in [6.45, 7) is 1.59. The molecule has 0 spiro atoms. The number of carbonyl (C=O) groups is 1. The molecule has 0 bridgehead atoms. The fourth-order valence-electron chi connectivity index (χ4n) is 11.4. The molecule has 0 aromatic carbocycles. The van der Waals surface area contributed by atoms with Gasteiger partial charge >= 0.3 is 0 Å². The predicted octanol–water partition coefficient (Wildman–Crippen LogP) is 9.10. The Labute approximate surface area is 540 Å². The van der Waals surface area contributed by atoms with Crippen LogP contribution < -0.4 is 5.32 Å². The molecular weight excluding hydrogens is 1150 g/mol. The van der Waals surface area contributed by atoms with Crippen molar-refractivity contribution in [3.63, 3.8) is 0 Å². The maximum Gasteiger partial charge on any atom is 0.220 e. The van der Waals surface area contributed by atoms with E-state index in [4.69, 9.17) is 28.4 Å². The van der Waals surface area contributed by atoms with Crippen LogP contribution in [0.3, 0.4) is 0 Å². The Morgan fingerprint density at radius 2 is 0.767 bits per heavy atom. The summed E-state index contributed by atoms with van der Waals surface area (Å²) in [4.78, 5) is 13.3. The van der Waals surface area contributed by atoms with Crippen LogP contribution in [-0.2, 0) is 33.2 Å². The Hall–Kier alpha value is -3.03. The Morgan fingerprint density at radius 1 is 0.411 bits per heavy atom. The molecule has 520 valence electrons. The van der Waals surface area contributed by atoms with E-state index in [1.165, 1.54) is 89.9 Å². The third-order valence-corrected chi connectivity index (χ3v) is 17.0. The van der Waals surface area contributed by atoms with Gasteiger partial charge in [-0.1, -0.05) is 234 Å². The van der Waals surface area contributed by atoms with E-state index in [9.17, 15) is 61.0 Å². The highest BCUT2D eigenvalue weighted by molar-refractivity contribution is 5.76. The minimum atomic E-state index is -1.97. The Balaban J connectivity index is 1.25. The van der Waals surface area contributed by atoms with Gasteiger partial charge in [0.1, 0.15) is 73.2 Å². The number of hydrogen-bond donors (Lipinski definition) is 12. The molecule has 0 saturated carbocycles. The van der Waals surface area contributed by atoms with E-state index in [0.29, 0.717) is 12.8 Å². The van der Waals surface area contributed by atoms with Crippen molar-refractivity contribution < 1.29 is 89.4 Å². The van der Waals surface area contributed by atoms with Crippen molar-refractivity contribution in [2.45, 2.75) is 330 Å². The molecule has 19 heteroatoms. The molecular formula is C71H123NO18. The minimum Gasteiger partial charge on any atom is -0.394 e. The molecule has 3 rings (SSSR count). The van der Waals surface area contributed by atoms with E-state index in [2.05, 4.69) is 104 Å². The van der Waals surface area contributed by atoms with Crippen molar-refractivity contribution >= 4 is 5.91 Å². The zero-order valence-electron chi connectivity index (χ0n) is 54.8. The van der Waals surface area contributed by atoms with Gasteiger partial charge in [-0.05, 0) is 70.6 Å². The molecule has 3 fully saturated rings. The third kappa shape index (κ3) is 33.9. The molecule has 17 unspecified atom stereocenters. The molecule has 17 atom stereocenters. The van der Waals surface area contributed by atoms with Crippen LogP contribution in [0.15, 0.2) is 85.1 Å². The summed E-state index contributed by atoms with van der Waals surface area (Å²) in [6.07, 6.45) is 40.4. The highest BCUT2D eigenvalue weighted by atomic mass is 16.8. The minimum absolute atomic E-state index is 0.250. The van der Waals surface area contributed by atoms with Crippen LogP contribution >= 0.6 is 0 Å². The lowest BCUT2D eigenvalue weighted by Crippen LogP contribution is -2.66. The number of unbranched alkanes of at least 4 members (excludes halogenated alkanes) is 22. The molecule has 3 aliphatic heterocycles. The summed E-state index contributed by atoms with van der Waals surface area (Å²) in [6, 6.07) is -0.886. The number of ether oxygens (including phenoxy) is 6. The maximum absolute atomic E-state index is 13.3. The molecule has 0 aromatic heterocycles. The van der Waals surface area contributed by atoms with Crippen LogP contribution in [0.1, 0.15) is 226 Å². The van der Waals surface area contributed by atoms with E-state index in [1.807, 2.05) is 0 Å². The Morgan fingerprint density at radius 3 is 1.20 bits per heavy atom. The lowest BCUT2D eigenvalue weighted by molar-refractivity contribution is -0.379. The molecule has 0 radical (unpaired) electrons. The van der Waals surface area contributed by atoms with Crippen molar-refractivity contribution in [2.24, 2.45) is 0 Å². The average molecular weight is 1280 g/mol. The smallest absolute Gasteiger partial charge is 0.220 e. The second kappa shape index (κ2) is 52.3. The lowest BCUT2D eigenvalue weighted by atomic mass is 9.96. The van der Waals surface area contributed by atoms with E-state index in [1.54, 1.807) is 0 Å². The highest BCUT2D eigenvalue weighted by Crippen LogP contribution is 2.33. The largest absolute Gasteiger partial charge is 0.394 e. The first-order chi connectivity index (χ1) is 43.8. The quantitative estimate of drug-likeness (QED) is 0.0200. The molecule has 3 heterocycles. The molecule has 12 N–H and O–H groups in total. The second-order valence-corrected chi connectivity index (χ2v) is 24.6. The van der Waals surface area contributed by atoms with Gasteiger partial charge in [-0.3, -0.25) is 4.79 Å². The van der Waals surface area contributed by atoms with Gasteiger partial charge in [0.2, 0.25) is 5.91 Å². The number of amides is 1. The summed E-state index contributed by atoms with van der Waals surface area (Å²) >= 11 is 0. The Kier molecular flexibility index (Phi) is 47.2. The standard InChI is InChI=1S/C71H123NO18/c1-3-5-7-9-11-12-13-14-15-16-17-18-19-20-21-22-23-24-25-26-27-28-29-30-31-32-33-34-35-36-37-38-39-40-41-42-43-45-47-49-59(77)72-54(55(76)48-46-44-10-8-6-4-2)53-85-69-65(83)62(80)67(57(51-74)87-69)90-71-66(84)63(81)68(58(52-75)88-71)89-70-64(82)61(79)60(78)56(50-73)86-70/h5,7,11-12,14-15,17-18,20-21,23-24,26-27,54-58,60-71,73-76,78-84H,3-4,6,8-10,13,16,19,22,25,28-53H2,1-2H3,(H,72,77)/b7-5-,12-11-,15-14-,18-17-,21-20-,24-23-,27-26-. The SMILES string of the molecule is CC/C=C\C/C=C\C/C=C\C/C=C\C/C=C\C/C=C\C/C=C\CCCCCCCCCCCCCCCCCCCC(=O)NC(COC1OC(CO)C(OC2OC(CO)C(OC3OC(CO)C(O)C(O)C3O)C(O)C2O)C(O)C1O)C(O)CCCCCCCC. The number of aliphatic hydroxyl groups excluding tert-OH is 11. The maximum atomic E-state index is 13.3. The van der Waals surface area contributed by atoms with Gasteiger partial charge < -0.3 is 89.9 Å². The highest BCUT2D eigenvalue weighted by Gasteiger charge is 2.53. The summed E-state index contributed by atoms with van der Waals surface area (Å²) in [5.41, 5.74) is 0. The topological polar surface area (TPSA) is 307 Å². The second-order valence-electron chi connectivity index (χ2n) is 24.6. The van der Waals surface area contributed by atoms with Crippen molar-refractivity contribution in [1.29, 1.82) is 0 Å². The number of rotatable bonds is 52. The van der Waals surface area contributed by atoms with Gasteiger partial charge in [0.25, 0.3) is 0 Å². The van der Waals surface area contributed by atoms with Crippen molar-refractivity contribution in [3.05, 3.63) is 85.1 Å². The molecule has 19 nitrogen and oxygen atoms in total. The van der Waals surface area contributed by atoms with E-state index in [-0.39, 0.29) is 18.9 Å². The fourth-order valence-corrected chi connectivity index (χ4v) is 11.4. The van der Waals surface area contributed by atoms with Crippen molar-refractivity contribution in [3.8, 4) is 0 Å². The van der Waals surface area contributed by atoms with Crippen LogP contribution in [0, 0.1) is 0 Å². The summed E-state index contributed by atoms with van der Waals surface area (Å²) in [7, 11) is 0. The average Bonchev–Trinajstić information content (AvgIpc) is 1.11. The lowest BCUT2D eigenvalue weighted by Gasteiger charge is -2.48. The zero-order chi connectivity index (χ0) is 65.4.